The van der Waals surface area contributed by atoms with Gasteiger partial charge in [0, 0.05) is 22.4 Å². The van der Waals surface area contributed by atoms with Crippen molar-refractivity contribution in [3.05, 3.63) is 95.3 Å². The van der Waals surface area contributed by atoms with Gasteiger partial charge in [0.05, 0.1) is 26.0 Å². The molecule has 0 bridgehead atoms. The summed E-state index contributed by atoms with van der Waals surface area (Å²) in [5.41, 5.74) is 1.75. The predicted molar refractivity (Wildman–Crippen MR) is 158 cm³/mol. The molecule has 0 aliphatic heterocycles. The predicted octanol–water partition coefficient (Wildman–Crippen LogP) is 8.21. The van der Waals surface area contributed by atoms with Crippen LogP contribution < -0.4 is 5.32 Å². The van der Waals surface area contributed by atoms with Crippen molar-refractivity contribution in [2.24, 2.45) is 0 Å². The number of alkyl halides is 3. The van der Waals surface area contributed by atoms with Crippen LogP contribution in [0, 0.1) is 12.7 Å². The molecule has 0 radical (unpaired) electrons. The van der Waals surface area contributed by atoms with Gasteiger partial charge >= 0.3 is 6.18 Å². The first kappa shape index (κ1) is 28.9. The van der Waals surface area contributed by atoms with E-state index >= 15 is 0 Å². The maximum absolute atomic E-state index is 13.9. The lowest BCUT2D eigenvalue weighted by molar-refractivity contribution is -0.140. The zero-order chi connectivity index (χ0) is 30.7. The van der Waals surface area contributed by atoms with Crippen LogP contribution in [0.4, 0.5) is 23.2 Å². The third-order valence-corrected chi connectivity index (χ3v) is 9.90. The second-order valence-corrected chi connectivity index (χ2v) is 12.9. The van der Waals surface area contributed by atoms with Gasteiger partial charge in [-0.05, 0) is 79.2 Å². The second-order valence-electron chi connectivity index (χ2n) is 9.48. The van der Waals surface area contributed by atoms with Gasteiger partial charge in [-0.2, -0.15) is 21.6 Å². The van der Waals surface area contributed by atoms with E-state index in [1.54, 1.807) is 43.3 Å². The smallest absolute Gasteiger partial charge is 0.322 e. The Bertz CT molecular complexity index is 2170. The van der Waals surface area contributed by atoms with Crippen molar-refractivity contribution in [3.8, 4) is 21.1 Å². The van der Waals surface area contributed by atoms with Gasteiger partial charge in [0.15, 0.2) is 0 Å². The molecule has 0 saturated carbocycles. The summed E-state index contributed by atoms with van der Waals surface area (Å²) in [6, 6.07) is 17.5. The van der Waals surface area contributed by atoms with Crippen LogP contribution in [0.1, 0.15) is 21.5 Å². The van der Waals surface area contributed by atoms with Gasteiger partial charge in [-0.15, -0.1) is 22.7 Å². The number of aryl methyl sites for hydroxylation is 1. The number of rotatable bonds is 5. The van der Waals surface area contributed by atoms with Crippen molar-refractivity contribution in [1.29, 1.82) is 0 Å². The molecule has 0 spiro atoms. The fraction of sp³-hybridized carbons (Fsp3) is 0.0690. The van der Waals surface area contributed by atoms with E-state index in [9.17, 15) is 35.3 Å². The zero-order valence-corrected chi connectivity index (χ0v) is 24.2. The molecule has 2 heterocycles. The summed E-state index contributed by atoms with van der Waals surface area (Å²) in [6.07, 6.45) is -4.86. The third kappa shape index (κ3) is 5.61. The zero-order valence-electron chi connectivity index (χ0n) is 21.7. The molecular formula is C29H17F4N3O4S3. The molecule has 43 heavy (non-hydrogen) atoms. The number of amides is 1. The quantitative estimate of drug-likeness (QED) is 0.145. The van der Waals surface area contributed by atoms with Crippen molar-refractivity contribution in [2.75, 3.05) is 5.32 Å². The summed E-state index contributed by atoms with van der Waals surface area (Å²) >= 11 is 2.57. The Balaban J connectivity index is 1.23. The van der Waals surface area contributed by atoms with Gasteiger partial charge in [0.1, 0.15) is 20.7 Å². The summed E-state index contributed by atoms with van der Waals surface area (Å²) in [5, 5.41) is 3.80. The minimum absolute atomic E-state index is 0.152. The van der Waals surface area contributed by atoms with Crippen molar-refractivity contribution in [1.82, 2.24) is 9.97 Å². The number of nitrogens with one attached hydrogen (secondary N) is 1. The second kappa shape index (κ2) is 10.5. The molecule has 0 fully saturated rings. The highest BCUT2D eigenvalue weighted by Gasteiger charge is 2.34. The van der Waals surface area contributed by atoms with Crippen LogP contribution in [0.3, 0.4) is 0 Å². The van der Waals surface area contributed by atoms with Crippen LogP contribution in [-0.2, 0) is 16.3 Å². The van der Waals surface area contributed by atoms with Crippen molar-refractivity contribution in [2.45, 2.75) is 18.0 Å². The molecule has 6 rings (SSSR count). The Kier molecular flexibility index (Phi) is 7.04. The number of halogens is 4. The van der Waals surface area contributed by atoms with E-state index < -0.39 is 33.6 Å². The minimum Gasteiger partial charge on any atom is -0.322 e. The Morgan fingerprint density at radius 2 is 1.51 bits per heavy atom. The van der Waals surface area contributed by atoms with Gasteiger partial charge in [-0.25, -0.2) is 14.4 Å². The lowest BCUT2D eigenvalue weighted by Crippen LogP contribution is -2.14. The minimum atomic E-state index is -4.86. The first-order chi connectivity index (χ1) is 20.3. The fourth-order valence-corrected chi connectivity index (χ4v) is 7.80. The maximum Gasteiger partial charge on any atom is 0.419 e. The third-order valence-electron chi connectivity index (χ3n) is 6.53. The number of thiazole rings is 2. The van der Waals surface area contributed by atoms with Gasteiger partial charge in [-0.1, -0.05) is 6.07 Å². The monoisotopic (exact) mass is 643 g/mol. The normalized spacial score (nSPS) is 12.2. The largest absolute Gasteiger partial charge is 0.419 e. The number of aromatic nitrogens is 2. The molecule has 218 valence electrons. The Morgan fingerprint density at radius 3 is 2.19 bits per heavy atom. The summed E-state index contributed by atoms with van der Waals surface area (Å²) < 4.78 is 87.2. The maximum atomic E-state index is 13.9. The van der Waals surface area contributed by atoms with Gasteiger partial charge < -0.3 is 5.32 Å². The first-order valence-corrected chi connectivity index (χ1v) is 15.4. The topological polar surface area (TPSA) is 109 Å². The molecule has 0 atom stereocenters. The number of carbonyl (C=O) groups is 1. The van der Waals surface area contributed by atoms with Crippen LogP contribution in [-0.4, -0.2) is 28.8 Å². The Labute approximate surface area is 249 Å². The van der Waals surface area contributed by atoms with Crippen molar-refractivity contribution in [3.63, 3.8) is 0 Å². The first-order valence-electron chi connectivity index (χ1n) is 12.3. The van der Waals surface area contributed by atoms with Crippen LogP contribution in [0.5, 0.6) is 0 Å². The summed E-state index contributed by atoms with van der Waals surface area (Å²) in [7, 11) is -4.44. The Hall–Kier alpha value is -4.24. The van der Waals surface area contributed by atoms with Gasteiger partial charge in [0.2, 0.25) is 0 Å². The molecule has 2 N–H and O–H groups in total. The average molecular weight is 644 g/mol. The number of hydrogen-bond acceptors (Lipinski definition) is 7. The number of hydrogen-bond donors (Lipinski definition) is 2. The van der Waals surface area contributed by atoms with E-state index in [-0.39, 0.29) is 10.5 Å². The number of anilines is 1. The highest BCUT2D eigenvalue weighted by Crippen LogP contribution is 2.38. The van der Waals surface area contributed by atoms with Crippen LogP contribution >= 0.6 is 22.7 Å². The molecule has 2 aromatic heterocycles. The molecule has 6 aromatic rings. The number of fused-ring (bicyclic) bond motifs is 2. The SMILES string of the molecule is Cc1ccc2nc(-c3ccc4nc(-c5ccc(NC(=O)c6ccc(C(F)(F)F)c(F)c6)cc5)sc4c3)sc2c1S(=O)(=O)O. The highest BCUT2D eigenvalue weighted by molar-refractivity contribution is 7.86. The van der Waals surface area contributed by atoms with Crippen LogP contribution in [0.2, 0.25) is 0 Å². The lowest BCUT2D eigenvalue weighted by Gasteiger charge is -2.10. The standard InChI is InChI=1S/C29H17F4N3O4S3/c1-14-2-10-22-24(25(14)43(38,39)40)42-28(36-22)17-6-11-21-23(13-17)41-27(35-21)15-3-7-18(8-4-15)34-26(37)16-5-9-19(20(30)12-16)29(31,32)33/h2-13H,1H3,(H,34,37)(H,38,39,40). The lowest BCUT2D eigenvalue weighted by atomic mass is 10.1. The van der Waals surface area contributed by atoms with E-state index in [4.69, 9.17) is 0 Å². The molecule has 7 nitrogen and oxygen atoms in total. The van der Waals surface area contributed by atoms with Crippen molar-refractivity contribution >= 4 is 64.8 Å². The van der Waals surface area contributed by atoms with Gasteiger partial charge in [-0.3, -0.25) is 9.35 Å². The molecular weight excluding hydrogens is 627 g/mol. The van der Waals surface area contributed by atoms with Crippen molar-refractivity contribution < 1.29 is 35.3 Å². The fourth-order valence-electron chi connectivity index (χ4n) is 4.48. The number of carbonyl (C=O) groups excluding carboxylic acids is 1. The Morgan fingerprint density at radius 1 is 0.860 bits per heavy atom. The molecule has 0 unspecified atom stereocenters. The van der Waals surface area contributed by atoms with E-state index in [1.165, 1.54) is 22.7 Å². The molecule has 14 heteroatoms. The highest BCUT2D eigenvalue weighted by atomic mass is 32.2. The van der Waals surface area contributed by atoms with Crippen LogP contribution in [0.25, 0.3) is 41.6 Å². The summed E-state index contributed by atoms with van der Waals surface area (Å²) in [4.78, 5) is 21.6. The molecule has 0 aliphatic rings. The van der Waals surface area contributed by atoms with E-state index in [0.29, 0.717) is 43.6 Å². The molecule has 1 amide bonds. The number of nitrogens with zero attached hydrogens (tertiary/aromatic N) is 2. The molecule has 4 aromatic carbocycles. The van der Waals surface area contributed by atoms with E-state index in [1.807, 2.05) is 18.2 Å². The molecule has 0 aliphatic carbocycles. The van der Waals surface area contributed by atoms with E-state index in [2.05, 4.69) is 15.3 Å². The average Bonchev–Trinajstić information content (AvgIpc) is 3.55. The summed E-state index contributed by atoms with van der Waals surface area (Å²) in [5.74, 6) is -2.29. The summed E-state index contributed by atoms with van der Waals surface area (Å²) in [6.45, 7) is 1.60. The van der Waals surface area contributed by atoms with E-state index in [0.717, 1.165) is 27.4 Å². The van der Waals surface area contributed by atoms with Gasteiger partial charge in [0.25, 0.3) is 16.0 Å². The van der Waals surface area contributed by atoms with Crippen LogP contribution in [0.15, 0.2) is 77.7 Å². The number of benzene rings is 4. The molecule has 0 saturated heterocycles.